The molecular formula is C36H28ClF7N8O5S. The van der Waals surface area contributed by atoms with E-state index in [1.807, 2.05) is 0 Å². The van der Waals surface area contributed by atoms with E-state index in [1.165, 1.54) is 19.2 Å². The number of hydrogen-bond donors (Lipinski definition) is 2. The fourth-order valence-corrected chi connectivity index (χ4v) is 8.81. The zero-order chi connectivity index (χ0) is 41.9. The predicted octanol–water partition coefficient (Wildman–Crippen LogP) is 6.12. The summed E-state index contributed by atoms with van der Waals surface area (Å²) in [5.74, 6) is -14.4. The van der Waals surface area contributed by atoms with Gasteiger partial charge in [0.1, 0.15) is 40.4 Å². The van der Waals surface area contributed by atoms with Gasteiger partial charge in [0, 0.05) is 24.6 Å². The Morgan fingerprint density at radius 3 is 2.41 bits per heavy atom. The van der Waals surface area contributed by atoms with Crippen molar-refractivity contribution >= 4 is 55.2 Å². The molecular weight excluding hydrogens is 825 g/mol. The first-order chi connectivity index (χ1) is 27.2. The van der Waals surface area contributed by atoms with E-state index in [-0.39, 0.29) is 39.4 Å². The molecule has 0 bridgehead atoms. The van der Waals surface area contributed by atoms with Crippen molar-refractivity contribution in [1.29, 1.82) is 0 Å². The van der Waals surface area contributed by atoms with Crippen LogP contribution in [0.25, 0.3) is 27.5 Å². The highest BCUT2D eigenvalue weighted by molar-refractivity contribution is 7.92. The van der Waals surface area contributed by atoms with E-state index in [1.54, 1.807) is 0 Å². The SMILES string of the molecule is COc1ccc2c(=O)n(-c3ccc(Cl)c4c(NS(C)(=O)=O)nn(C)c34)c([C@@H](Cc3cc(F)cc(F)c3)C(C(N)=O)n3nc(C(F)F)c4c3C(F)(F)[C@@H]3C[C@H]43)nc2c1F. The summed E-state index contributed by atoms with van der Waals surface area (Å²) < 4.78 is 141. The number of nitrogens with zero attached hydrogens (tertiary/aromatic N) is 6. The van der Waals surface area contributed by atoms with Crippen LogP contribution in [-0.4, -0.2) is 56.8 Å². The number of ether oxygens (including phenoxy) is 1. The molecule has 2 aliphatic rings. The molecule has 304 valence electrons. The number of primary amides is 1. The Morgan fingerprint density at radius 1 is 1.10 bits per heavy atom. The number of nitrogens with one attached hydrogen (secondary N) is 1. The molecule has 8 rings (SSSR count). The molecule has 3 aromatic heterocycles. The van der Waals surface area contributed by atoms with Crippen LogP contribution in [0.15, 0.2) is 47.3 Å². The van der Waals surface area contributed by atoms with E-state index in [0.717, 1.165) is 46.9 Å². The van der Waals surface area contributed by atoms with Crippen molar-refractivity contribution in [2.45, 2.75) is 43.1 Å². The first kappa shape index (κ1) is 39.1. The van der Waals surface area contributed by atoms with Crippen LogP contribution in [0.4, 0.5) is 36.6 Å². The Balaban J connectivity index is 1.51. The Labute approximate surface area is 327 Å². The number of anilines is 1. The maximum absolute atomic E-state index is 16.2. The Morgan fingerprint density at radius 2 is 1.79 bits per heavy atom. The van der Waals surface area contributed by atoms with Gasteiger partial charge in [-0.05, 0) is 60.7 Å². The average Bonchev–Trinajstić information content (AvgIpc) is 3.65. The summed E-state index contributed by atoms with van der Waals surface area (Å²) in [6.45, 7) is 0. The van der Waals surface area contributed by atoms with E-state index in [9.17, 15) is 35.6 Å². The van der Waals surface area contributed by atoms with Gasteiger partial charge in [-0.2, -0.15) is 19.0 Å². The van der Waals surface area contributed by atoms with E-state index >= 15 is 13.2 Å². The minimum atomic E-state index is -3.99. The zero-order valence-electron chi connectivity index (χ0n) is 30.1. The molecule has 0 spiro atoms. The average molecular weight is 853 g/mol. The topological polar surface area (TPSA) is 169 Å². The van der Waals surface area contributed by atoms with Crippen LogP contribution in [-0.2, 0) is 34.2 Å². The smallest absolute Gasteiger partial charge is 0.293 e. The lowest BCUT2D eigenvalue weighted by atomic mass is 9.89. The summed E-state index contributed by atoms with van der Waals surface area (Å²) in [6, 6.07) is 4.69. The summed E-state index contributed by atoms with van der Waals surface area (Å²) in [6.07, 6.45) is -3.47. The molecule has 0 aliphatic heterocycles. The lowest BCUT2D eigenvalue weighted by Crippen LogP contribution is -2.39. The molecule has 13 nitrogen and oxygen atoms in total. The summed E-state index contributed by atoms with van der Waals surface area (Å²) >= 11 is 6.56. The van der Waals surface area contributed by atoms with Gasteiger partial charge in [0.25, 0.3) is 17.9 Å². The van der Waals surface area contributed by atoms with Crippen LogP contribution in [0.5, 0.6) is 5.75 Å². The number of halogens is 8. The number of rotatable bonds is 11. The number of aromatic nitrogens is 6. The molecule has 2 aliphatic carbocycles. The molecule has 1 unspecified atom stereocenters. The highest BCUT2D eigenvalue weighted by Gasteiger charge is 2.67. The number of aryl methyl sites for hydroxylation is 1. The quantitative estimate of drug-likeness (QED) is 0.147. The third-order valence-corrected chi connectivity index (χ3v) is 11.3. The van der Waals surface area contributed by atoms with Crippen LogP contribution >= 0.6 is 11.6 Å². The lowest BCUT2D eigenvalue weighted by molar-refractivity contribution is -0.122. The maximum Gasteiger partial charge on any atom is 0.293 e. The fourth-order valence-electron chi connectivity index (χ4n) is 8.07. The van der Waals surface area contributed by atoms with Crippen molar-refractivity contribution in [3.05, 3.63) is 104 Å². The van der Waals surface area contributed by atoms with Gasteiger partial charge in [0.15, 0.2) is 17.4 Å². The second kappa shape index (κ2) is 13.4. The molecule has 0 radical (unpaired) electrons. The number of nitrogens with two attached hydrogens (primary N) is 1. The summed E-state index contributed by atoms with van der Waals surface area (Å²) in [5.41, 5.74) is 1.13. The molecule has 3 N–H and O–H groups in total. The van der Waals surface area contributed by atoms with Crippen molar-refractivity contribution in [3.63, 3.8) is 0 Å². The van der Waals surface area contributed by atoms with E-state index < -0.39 is 121 Å². The molecule has 1 fully saturated rings. The standard InChI is InChI=1S/C36H28ClF7N8O5S/c1-50-29-21(6-5-20(37)24(29)33(48-50)49-58(3,55)56)51-34(46-26-16(35(51)54)4-7-22(57-2)25(26)40)18(10-13-8-14(38)11-15(39)9-13)28(32(45)53)52-30-23(27(47-52)31(41)42)17-12-19(17)36(30,43)44/h4-9,11,17-19,28,31H,10,12H2,1-3H3,(H2,45,53)(H,48,49)/t17-,18-,19+,28?/m0/s1. The number of carbonyl (C=O) groups is 1. The first-order valence-electron chi connectivity index (χ1n) is 17.2. The zero-order valence-corrected chi connectivity index (χ0v) is 31.6. The fraction of sp³-hybridized carbons (Fsp3) is 0.306. The van der Waals surface area contributed by atoms with Crippen molar-refractivity contribution in [3.8, 4) is 11.4 Å². The van der Waals surface area contributed by atoms with E-state index in [2.05, 4.69) is 19.9 Å². The molecule has 58 heavy (non-hydrogen) atoms. The van der Waals surface area contributed by atoms with Gasteiger partial charge in [-0.25, -0.2) is 40.0 Å². The van der Waals surface area contributed by atoms with Crippen molar-refractivity contribution in [2.75, 3.05) is 18.1 Å². The number of fused-ring (bicyclic) bond motifs is 5. The van der Waals surface area contributed by atoms with Gasteiger partial charge in [0.05, 0.1) is 46.3 Å². The van der Waals surface area contributed by atoms with Crippen LogP contribution < -0.4 is 20.8 Å². The second-order valence-corrected chi connectivity index (χ2v) is 16.3. The van der Waals surface area contributed by atoms with Crippen molar-refractivity contribution in [2.24, 2.45) is 18.7 Å². The highest BCUT2D eigenvalue weighted by Crippen LogP contribution is 2.68. The molecule has 1 amide bonds. The summed E-state index contributed by atoms with van der Waals surface area (Å²) in [7, 11) is -1.52. The normalized spacial score (nSPS) is 18.1. The third-order valence-electron chi connectivity index (χ3n) is 10.4. The Hall–Kier alpha value is -5.70. The molecule has 6 aromatic rings. The molecule has 1 saturated carbocycles. The van der Waals surface area contributed by atoms with Gasteiger partial charge in [0.2, 0.25) is 15.9 Å². The number of amides is 1. The number of benzene rings is 3. The minimum Gasteiger partial charge on any atom is -0.494 e. The number of alkyl halides is 4. The van der Waals surface area contributed by atoms with Crippen LogP contribution in [0, 0.1) is 23.4 Å². The van der Waals surface area contributed by atoms with Crippen molar-refractivity contribution in [1.82, 2.24) is 29.1 Å². The molecule has 3 aromatic carbocycles. The molecule has 0 saturated heterocycles. The largest absolute Gasteiger partial charge is 0.494 e. The van der Waals surface area contributed by atoms with Crippen LogP contribution in [0.2, 0.25) is 5.02 Å². The van der Waals surface area contributed by atoms with Crippen LogP contribution in [0.3, 0.4) is 0 Å². The number of hydrogen-bond acceptors (Lipinski definition) is 8. The predicted molar refractivity (Wildman–Crippen MR) is 195 cm³/mol. The molecule has 3 heterocycles. The van der Waals surface area contributed by atoms with Crippen molar-refractivity contribution < 1.29 is 48.7 Å². The minimum absolute atomic E-state index is 0.0603. The van der Waals surface area contributed by atoms with E-state index in [0.29, 0.717) is 10.7 Å². The van der Waals surface area contributed by atoms with Gasteiger partial charge in [-0.3, -0.25) is 23.6 Å². The lowest BCUT2D eigenvalue weighted by Gasteiger charge is -2.30. The van der Waals surface area contributed by atoms with Gasteiger partial charge >= 0.3 is 0 Å². The Kier molecular flexibility index (Phi) is 9.06. The first-order valence-corrected chi connectivity index (χ1v) is 19.5. The highest BCUT2D eigenvalue weighted by atomic mass is 35.5. The number of methoxy groups -OCH3 is 1. The van der Waals surface area contributed by atoms with Gasteiger partial charge in [-0.1, -0.05) is 11.6 Å². The summed E-state index contributed by atoms with van der Waals surface area (Å²) in [4.78, 5) is 33.1. The number of sulfonamides is 1. The van der Waals surface area contributed by atoms with Gasteiger partial charge in [-0.15, -0.1) is 0 Å². The molecule has 22 heteroatoms. The molecule has 4 atom stereocenters. The second-order valence-electron chi connectivity index (χ2n) is 14.1. The Bertz CT molecular complexity index is 2900. The summed E-state index contributed by atoms with van der Waals surface area (Å²) in [5, 5.41) is 7.49. The van der Waals surface area contributed by atoms with E-state index in [4.69, 9.17) is 22.1 Å². The van der Waals surface area contributed by atoms with Gasteiger partial charge < -0.3 is 10.5 Å². The third kappa shape index (κ3) is 6.12. The van der Waals surface area contributed by atoms with Crippen LogP contribution in [0.1, 0.15) is 59.1 Å². The monoisotopic (exact) mass is 852 g/mol. The number of carbonyl (C=O) groups excluding carboxylic acids is 1. The maximum atomic E-state index is 16.2.